The standard InChI is InChI=1S/C10H9Cl2N3O.ClH/c1-5(13)10-14-9(15-16-10)7-4-6(11)2-3-8(7)12;/h2-5H,13H2,1H3;1H. The van der Waals surface area contributed by atoms with Gasteiger partial charge in [-0.1, -0.05) is 28.4 Å². The highest BCUT2D eigenvalue weighted by atomic mass is 35.5. The van der Waals surface area contributed by atoms with E-state index in [2.05, 4.69) is 10.1 Å². The second kappa shape index (κ2) is 5.69. The molecule has 4 nitrogen and oxygen atoms in total. The molecule has 0 amide bonds. The summed E-state index contributed by atoms with van der Waals surface area (Å²) in [7, 11) is 0. The van der Waals surface area contributed by atoms with Gasteiger partial charge in [0.15, 0.2) is 0 Å². The van der Waals surface area contributed by atoms with Gasteiger partial charge >= 0.3 is 0 Å². The summed E-state index contributed by atoms with van der Waals surface area (Å²) in [4.78, 5) is 4.14. The third kappa shape index (κ3) is 3.10. The molecular formula is C10H10Cl3N3O. The van der Waals surface area contributed by atoms with Crippen molar-refractivity contribution in [2.75, 3.05) is 0 Å². The first-order chi connectivity index (χ1) is 7.58. The zero-order valence-electron chi connectivity index (χ0n) is 8.85. The summed E-state index contributed by atoms with van der Waals surface area (Å²) in [6.45, 7) is 1.76. The van der Waals surface area contributed by atoms with Crippen LogP contribution in [0.5, 0.6) is 0 Å². The fourth-order valence-corrected chi connectivity index (χ4v) is 1.57. The molecule has 1 atom stereocenters. The van der Waals surface area contributed by atoms with E-state index in [-0.39, 0.29) is 18.4 Å². The largest absolute Gasteiger partial charge is 0.337 e. The summed E-state index contributed by atoms with van der Waals surface area (Å²) in [5.74, 6) is 0.755. The van der Waals surface area contributed by atoms with E-state index >= 15 is 0 Å². The molecule has 1 aromatic heterocycles. The SMILES string of the molecule is CC(N)c1nc(-c2cc(Cl)ccc2Cl)no1.Cl. The molecule has 1 aromatic carbocycles. The Balaban J connectivity index is 0.00000144. The van der Waals surface area contributed by atoms with E-state index in [4.69, 9.17) is 33.5 Å². The van der Waals surface area contributed by atoms with Crippen molar-refractivity contribution in [3.05, 3.63) is 34.1 Å². The van der Waals surface area contributed by atoms with Crippen LogP contribution in [0.15, 0.2) is 22.7 Å². The van der Waals surface area contributed by atoms with Crippen LogP contribution in [0.2, 0.25) is 10.0 Å². The van der Waals surface area contributed by atoms with Gasteiger partial charge in [0.05, 0.1) is 11.1 Å². The Morgan fingerprint density at radius 1 is 1.35 bits per heavy atom. The zero-order chi connectivity index (χ0) is 11.7. The molecule has 0 aliphatic heterocycles. The molecule has 2 aromatic rings. The maximum Gasteiger partial charge on any atom is 0.243 e. The highest BCUT2D eigenvalue weighted by Gasteiger charge is 2.14. The molecule has 0 aliphatic rings. The number of hydrogen-bond acceptors (Lipinski definition) is 4. The Morgan fingerprint density at radius 3 is 2.65 bits per heavy atom. The number of nitrogens with two attached hydrogens (primary N) is 1. The van der Waals surface area contributed by atoms with Crippen LogP contribution in [0.25, 0.3) is 11.4 Å². The predicted molar refractivity (Wildman–Crippen MR) is 69.6 cm³/mol. The quantitative estimate of drug-likeness (QED) is 0.921. The Bertz CT molecular complexity index is 513. The van der Waals surface area contributed by atoms with Crippen molar-refractivity contribution in [3.63, 3.8) is 0 Å². The monoisotopic (exact) mass is 293 g/mol. The highest BCUT2D eigenvalue weighted by molar-refractivity contribution is 6.35. The van der Waals surface area contributed by atoms with E-state index < -0.39 is 0 Å². The minimum Gasteiger partial charge on any atom is -0.337 e. The first-order valence-corrected chi connectivity index (χ1v) is 5.38. The lowest BCUT2D eigenvalue weighted by Crippen LogP contribution is -2.04. The fraction of sp³-hybridized carbons (Fsp3) is 0.200. The van der Waals surface area contributed by atoms with Crippen LogP contribution in [0.1, 0.15) is 18.9 Å². The summed E-state index contributed by atoms with van der Waals surface area (Å²) in [6.07, 6.45) is 0. The van der Waals surface area contributed by atoms with Crippen molar-refractivity contribution in [1.82, 2.24) is 10.1 Å². The van der Waals surface area contributed by atoms with Gasteiger partial charge in [0.25, 0.3) is 0 Å². The number of aromatic nitrogens is 2. The second-order valence-electron chi connectivity index (χ2n) is 3.37. The van der Waals surface area contributed by atoms with Gasteiger partial charge in [-0.2, -0.15) is 4.98 Å². The molecule has 0 radical (unpaired) electrons. The van der Waals surface area contributed by atoms with Crippen LogP contribution in [0.3, 0.4) is 0 Å². The van der Waals surface area contributed by atoms with Crippen molar-refractivity contribution in [2.24, 2.45) is 5.73 Å². The average Bonchev–Trinajstić information content (AvgIpc) is 2.70. The molecule has 92 valence electrons. The lowest BCUT2D eigenvalue weighted by atomic mass is 10.2. The minimum atomic E-state index is -0.306. The molecule has 0 fully saturated rings. The lowest BCUT2D eigenvalue weighted by molar-refractivity contribution is 0.362. The van der Waals surface area contributed by atoms with Gasteiger partial charge in [-0.05, 0) is 25.1 Å². The van der Waals surface area contributed by atoms with Crippen LogP contribution in [0.4, 0.5) is 0 Å². The molecule has 2 N–H and O–H groups in total. The Labute approximate surface area is 115 Å². The van der Waals surface area contributed by atoms with E-state index in [1.54, 1.807) is 25.1 Å². The third-order valence-electron chi connectivity index (χ3n) is 2.00. The molecule has 17 heavy (non-hydrogen) atoms. The van der Waals surface area contributed by atoms with E-state index in [0.717, 1.165) is 0 Å². The molecule has 0 saturated carbocycles. The van der Waals surface area contributed by atoms with Crippen LogP contribution >= 0.6 is 35.6 Å². The van der Waals surface area contributed by atoms with Crippen molar-refractivity contribution in [1.29, 1.82) is 0 Å². The molecule has 0 saturated heterocycles. The van der Waals surface area contributed by atoms with Gasteiger partial charge in [-0.3, -0.25) is 0 Å². The van der Waals surface area contributed by atoms with Crippen LogP contribution in [-0.2, 0) is 0 Å². The highest BCUT2D eigenvalue weighted by Crippen LogP contribution is 2.28. The van der Waals surface area contributed by atoms with Gasteiger partial charge in [0, 0.05) is 10.6 Å². The van der Waals surface area contributed by atoms with Crippen molar-refractivity contribution < 1.29 is 4.52 Å². The minimum absolute atomic E-state index is 0. The molecular weight excluding hydrogens is 284 g/mol. The summed E-state index contributed by atoms with van der Waals surface area (Å²) < 4.78 is 4.99. The molecule has 0 bridgehead atoms. The average molecular weight is 295 g/mol. The first kappa shape index (κ1) is 14.3. The van der Waals surface area contributed by atoms with Crippen molar-refractivity contribution >= 4 is 35.6 Å². The maximum atomic E-state index is 6.01. The number of rotatable bonds is 2. The summed E-state index contributed by atoms with van der Waals surface area (Å²) >= 11 is 11.9. The Morgan fingerprint density at radius 2 is 2.06 bits per heavy atom. The van der Waals surface area contributed by atoms with Crippen LogP contribution in [0, 0.1) is 0 Å². The molecule has 0 spiro atoms. The first-order valence-electron chi connectivity index (χ1n) is 4.62. The maximum absolute atomic E-state index is 6.01. The van der Waals surface area contributed by atoms with Gasteiger partial charge in [0.1, 0.15) is 0 Å². The van der Waals surface area contributed by atoms with Gasteiger partial charge in [0.2, 0.25) is 11.7 Å². The number of hydrogen-bond donors (Lipinski definition) is 1. The van der Waals surface area contributed by atoms with Gasteiger partial charge < -0.3 is 10.3 Å². The number of benzene rings is 1. The normalized spacial score (nSPS) is 12.0. The van der Waals surface area contributed by atoms with Crippen molar-refractivity contribution in [2.45, 2.75) is 13.0 Å². The second-order valence-corrected chi connectivity index (χ2v) is 4.21. The third-order valence-corrected chi connectivity index (χ3v) is 2.57. The summed E-state index contributed by atoms with van der Waals surface area (Å²) in [6, 6.07) is 4.75. The molecule has 7 heteroatoms. The summed E-state index contributed by atoms with van der Waals surface area (Å²) in [5, 5.41) is 4.88. The predicted octanol–water partition coefficient (Wildman–Crippen LogP) is 3.48. The van der Waals surface area contributed by atoms with Gasteiger partial charge in [-0.25, -0.2) is 0 Å². The van der Waals surface area contributed by atoms with Crippen LogP contribution in [-0.4, -0.2) is 10.1 Å². The Kier molecular flexibility index (Phi) is 4.77. The number of halogens is 3. The van der Waals surface area contributed by atoms with E-state index in [9.17, 15) is 0 Å². The smallest absolute Gasteiger partial charge is 0.243 e. The number of nitrogens with zero attached hydrogens (tertiary/aromatic N) is 2. The van der Waals surface area contributed by atoms with Gasteiger partial charge in [-0.15, -0.1) is 12.4 Å². The van der Waals surface area contributed by atoms with Crippen LogP contribution < -0.4 is 5.73 Å². The molecule has 2 rings (SSSR count). The summed E-state index contributed by atoms with van der Waals surface area (Å²) in [5.41, 5.74) is 6.25. The van der Waals surface area contributed by atoms with E-state index in [1.165, 1.54) is 0 Å². The van der Waals surface area contributed by atoms with E-state index in [0.29, 0.717) is 27.3 Å². The molecule has 1 unspecified atom stereocenters. The molecule has 1 heterocycles. The lowest BCUT2D eigenvalue weighted by Gasteiger charge is -1.98. The fourth-order valence-electron chi connectivity index (χ4n) is 1.20. The van der Waals surface area contributed by atoms with E-state index in [1.807, 2.05) is 0 Å². The topological polar surface area (TPSA) is 64.9 Å². The zero-order valence-corrected chi connectivity index (χ0v) is 11.2. The van der Waals surface area contributed by atoms with Crippen molar-refractivity contribution in [3.8, 4) is 11.4 Å². The Hall–Kier alpha value is -0.810. The molecule has 0 aliphatic carbocycles.